The lowest BCUT2D eigenvalue weighted by Crippen LogP contribution is -2.31. The number of benzene rings is 3. The third kappa shape index (κ3) is 4.58. The van der Waals surface area contributed by atoms with Crippen LogP contribution in [-0.4, -0.2) is 28.0 Å². The minimum atomic E-state index is -3.85. The van der Waals surface area contributed by atoms with E-state index in [1.54, 1.807) is 55.5 Å². The van der Waals surface area contributed by atoms with Crippen LogP contribution in [0.25, 0.3) is 0 Å². The van der Waals surface area contributed by atoms with Gasteiger partial charge in [-0.1, -0.05) is 35.9 Å². The number of carbonyl (C=O) groups is 1. The lowest BCUT2D eigenvalue weighted by atomic mass is 10.2. The quantitative estimate of drug-likeness (QED) is 0.567. The van der Waals surface area contributed by atoms with Crippen LogP contribution in [0.4, 0.5) is 11.4 Å². The van der Waals surface area contributed by atoms with E-state index >= 15 is 0 Å². The number of halogens is 1. The Balaban J connectivity index is 1.92. The van der Waals surface area contributed by atoms with Crippen molar-refractivity contribution in [1.29, 1.82) is 0 Å². The molecule has 0 unspecified atom stereocenters. The maximum atomic E-state index is 13.2. The molecule has 3 rings (SSSR count). The summed E-state index contributed by atoms with van der Waals surface area (Å²) in [7, 11) is -2.36. The van der Waals surface area contributed by atoms with Gasteiger partial charge in [0.25, 0.3) is 15.9 Å². The Kier molecular flexibility index (Phi) is 6.64. The number of nitrogens with zero attached hydrogens (tertiary/aromatic N) is 1. The number of para-hydroxylation sites is 1. The molecule has 6 nitrogen and oxygen atoms in total. The van der Waals surface area contributed by atoms with Crippen LogP contribution in [0.15, 0.2) is 77.7 Å². The molecular weight excluding hydrogens is 424 g/mol. The SMILES string of the molecule is CCN(c1ccccc1)S(=O)(=O)c1cccc(C(=O)Nc2cc(Cl)ccc2OC)c1. The van der Waals surface area contributed by atoms with E-state index in [9.17, 15) is 13.2 Å². The van der Waals surface area contributed by atoms with Crippen molar-refractivity contribution in [3.05, 3.63) is 83.4 Å². The molecule has 0 aromatic heterocycles. The Morgan fingerprint density at radius 3 is 2.43 bits per heavy atom. The van der Waals surface area contributed by atoms with Crippen molar-refractivity contribution >= 4 is 38.9 Å². The van der Waals surface area contributed by atoms with Crippen LogP contribution in [0.1, 0.15) is 17.3 Å². The van der Waals surface area contributed by atoms with E-state index in [-0.39, 0.29) is 17.0 Å². The van der Waals surface area contributed by atoms with Gasteiger partial charge in [0, 0.05) is 17.1 Å². The van der Waals surface area contributed by atoms with Crippen LogP contribution >= 0.6 is 11.6 Å². The fourth-order valence-electron chi connectivity index (χ4n) is 2.98. The topological polar surface area (TPSA) is 75.7 Å². The van der Waals surface area contributed by atoms with Crippen molar-refractivity contribution in [2.75, 3.05) is 23.3 Å². The van der Waals surface area contributed by atoms with Crippen LogP contribution in [0.5, 0.6) is 5.75 Å². The first kappa shape index (κ1) is 21.7. The molecule has 0 aliphatic carbocycles. The first-order chi connectivity index (χ1) is 14.4. The molecule has 1 amide bonds. The number of sulfonamides is 1. The summed E-state index contributed by atoms with van der Waals surface area (Å²) >= 11 is 6.01. The van der Waals surface area contributed by atoms with Crippen molar-refractivity contribution in [1.82, 2.24) is 0 Å². The number of hydrogen-bond donors (Lipinski definition) is 1. The van der Waals surface area contributed by atoms with Crippen molar-refractivity contribution in [2.24, 2.45) is 0 Å². The lowest BCUT2D eigenvalue weighted by Gasteiger charge is -2.23. The molecule has 8 heteroatoms. The number of anilines is 2. The Labute approximate surface area is 181 Å². The number of methoxy groups -OCH3 is 1. The standard InChI is InChI=1S/C22H21ClN2O4S/c1-3-25(18-9-5-4-6-10-18)30(27,28)19-11-7-8-16(14-19)22(26)24-20-15-17(23)12-13-21(20)29-2/h4-15H,3H2,1-2H3,(H,24,26). The van der Waals surface area contributed by atoms with Gasteiger partial charge in [-0.25, -0.2) is 8.42 Å². The first-order valence-corrected chi connectivity index (χ1v) is 11.0. The number of ether oxygens (including phenoxy) is 1. The van der Waals surface area contributed by atoms with Gasteiger partial charge in [0.2, 0.25) is 0 Å². The van der Waals surface area contributed by atoms with E-state index in [1.807, 2.05) is 6.07 Å². The normalized spacial score (nSPS) is 11.0. The smallest absolute Gasteiger partial charge is 0.264 e. The van der Waals surface area contributed by atoms with Crippen LogP contribution in [0, 0.1) is 0 Å². The predicted octanol–water partition coefficient (Wildman–Crippen LogP) is 4.82. The van der Waals surface area contributed by atoms with E-state index < -0.39 is 15.9 Å². The average Bonchev–Trinajstić information content (AvgIpc) is 2.75. The minimum absolute atomic E-state index is 0.0268. The van der Waals surface area contributed by atoms with Gasteiger partial charge >= 0.3 is 0 Å². The summed E-state index contributed by atoms with van der Waals surface area (Å²) in [5.74, 6) is -0.0341. The van der Waals surface area contributed by atoms with Gasteiger partial charge in [-0.3, -0.25) is 9.10 Å². The second-order valence-corrected chi connectivity index (χ2v) is 8.63. The zero-order valence-electron chi connectivity index (χ0n) is 16.5. The fraction of sp³-hybridized carbons (Fsp3) is 0.136. The van der Waals surface area contributed by atoms with E-state index in [4.69, 9.17) is 16.3 Å². The second-order valence-electron chi connectivity index (χ2n) is 6.33. The molecule has 1 N–H and O–H groups in total. The predicted molar refractivity (Wildman–Crippen MR) is 119 cm³/mol. The molecule has 0 spiro atoms. The molecule has 3 aromatic rings. The molecule has 0 aliphatic rings. The summed E-state index contributed by atoms with van der Waals surface area (Å²) in [6.07, 6.45) is 0. The maximum Gasteiger partial charge on any atom is 0.264 e. The number of hydrogen-bond acceptors (Lipinski definition) is 4. The monoisotopic (exact) mass is 444 g/mol. The Hall–Kier alpha value is -3.03. The van der Waals surface area contributed by atoms with E-state index in [0.717, 1.165) is 0 Å². The molecule has 3 aromatic carbocycles. The molecular formula is C22H21ClN2O4S. The molecule has 0 radical (unpaired) electrons. The van der Waals surface area contributed by atoms with Gasteiger partial charge in [0.15, 0.2) is 0 Å². The number of rotatable bonds is 7. The van der Waals surface area contributed by atoms with Crippen molar-refractivity contribution in [3.8, 4) is 5.75 Å². The minimum Gasteiger partial charge on any atom is -0.495 e. The van der Waals surface area contributed by atoms with Gasteiger partial charge < -0.3 is 10.1 Å². The Morgan fingerprint density at radius 1 is 1.03 bits per heavy atom. The third-order valence-electron chi connectivity index (χ3n) is 4.43. The van der Waals surface area contributed by atoms with Gasteiger partial charge in [-0.2, -0.15) is 0 Å². The van der Waals surface area contributed by atoms with Crippen molar-refractivity contribution in [3.63, 3.8) is 0 Å². The Bertz CT molecular complexity index is 1150. The molecule has 0 saturated heterocycles. The summed E-state index contributed by atoms with van der Waals surface area (Å²) in [6, 6.07) is 19.6. The zero-order chi connectivity index (χ0) is 21.7. The molecule has 0 heterocycles. The van der Waals surface area contributed by atoms with E-state index in [2.05, 4.69) is 5.32 Å². The van der Waals surface area contributed by atoms with E-state index in [1.165, 1.54) is 29.6 Å². The highest BCUT2D eigenvalue weighted by atomic mass is 35.5. The highest BCUT2D eigenvalue weighted by Gasteiger charge is 2.24. The Morgan fingerprint density at radius 2 is 1.77 bits per heavy atom. The molecule has 30 heavy (non-hydrogen) atoms. The highest BCUT2D eigenvalue weighted by molar-refractivity contribution is 7.92. The van der Waals surface area contributed by atoms with Gasteiger partial charge in [0.05, 0.1) is 23.4 Å². The zero-order valence-corrected chi connectivity index (χ0v) is 18.1. The second kappa shape index (κ2) is 9.19. The van der Waals surface area contributed by atoms with Crippen LogP contribution in [-0.2, 0) is 10.0 Å². The number of nitrogens with one attached hydrogen (secondary N) is 1. The summed E-state index contributed by atoms with van der Waals surface area (Å²) in [4.78, 5) is 12.8. The summed E-state index contributed by atoms with van der Waals surface area (Å²) in [6.45, 7) is 2.01. The van der Waals surface area contributed by atoms with Gasteiger partial charge in [-0.15, -0.1) is 0 Å². The summed E-state index contributed by atoms with van der Waals surface area (Å²) < 4.78 is 32.9. The largest absolute Gasteiger partial charge is 0.495 e. The van der Waals surface area contributed by atoms with Gasteiger partial charge in [-0.05, 0) is 55.5 Å². The lowest BCUT2D eigenvalue weighted by molar-refractivity contribution is 0.102. The maximum absolute atomic E-state index is 13.2. The molecule has 0 saturated carbocycles. The first-order valence-electron chi connectivity index (χ1n) is 9.19. The third-order valence-corrected chi connectivity index (χ3v) is 6.56. The van der Waals surface area contributed by atoms with Crippen LogP contribution < -0.4 is 14.4 Å². The summed E-state index contributed by atoms with van der Waals surface area (Å²) in [5.41, 5.74) is 1.14. The molecule has 0 bridgehead atoms. The molecule has 0 fully saturated rings. The molecule has 0 atom stereocenters. The van der Waals surface area contributed by atoms with Crippen molar-refractivity contribution < 1.29 is 17.9 Å². The van der Waals surface area contributed by atoms with Crippen LogP contribution in [0.2, 0.25) is 5.02 Å². The summed E-state index contributed by atoms with van der Waals surface area (Å²) in [5, 5.41) is 3.15. The van der Waals surface area contributed by atoms with Crippen LogP contribution in [0.3, 0.4) is 0 Å². The average molecular weight is 445 g/mol. The van der Waals surface area contributed by atoms with Crippen molar-refractivity contribution in [2.45, 2.75) is 11.8 Å². The number of carbonyl (C=O) groups excluding carboxylic acids is 1. The fourth-order valence-corrected chi connectivity index (χ4v) is 4.68. The van der Waals surface area contributed by atoms with Gasteiger partial charge in [0.1, 0.15) is 5.75 Å². The van der Waals surface area contributed by atoms with E-state index in [0.29, 0.717) is 22.1 Å². The molecule has 156 valence electrons. The number of amides is 1. The highest BCUT2D eigenvalue weighted by Crippen LogP contribution is 2.29. The molecule has 0 aliphatic heterocycles.